The second kappa shape index (κ2) is 6.98. The Balaban J connectivity index is 3.00. The van der Waals surface area contributed by atoms with E-state index in [1.165, 1.54) is 17.5 Å². The van der Waals surface area contributed by atoms with E-state index in [-0.39, 0.29) is 5.75 Å². The van der Waals surface area contributed by atoms with Gasteiger partial charge in [0.05, 0.1) is 5.75 Å². The van der Waals surface area contributed by atoms with E-state index in [2.05, 4.69) is 44.2 Å². The monoisotopic (exact) mass is 284 g/mol. The van der Waals surface area contributed by atoms with Gasteiger partial charge in [-0.2, -0.15) is 0 Å². The molecule has 0 aliphatic rings. The summed E-state index contributed by atoms with van der Waals surface area (Å²) < 4.78 is 2.21. The standard InChI is InChI=1S/C14H24N2O2S/c1-9(2)6-11(5)16-12(10(3)4)7-15-14(16)19-8-13(17)18/h7,9-11H,6,8H2,1-5H3,(H,17,18). The SMILES string of the molecule is CC(C)CC(C)n1c(C(C)C)cnc1SCC(=O)O. The number of carbonyl (C=O) groups is 1. The highest BCUT2D eigenvalue weighted by Crippen LogP contribution is 2.30. The van der Waals surface area contributed by atoms with Crippen LogP contribution in [-0.4, -0.2) is 26.4 Å². The van der Waals surface area contributed by atoms with Crippen molar-refractivity contribution in [1.82, 2.24) is 9.55 Å². The highest BCUT2D eigenvalue weighted by atomic mass is 32.2. The van der Waals surface area contributed by atoms with Gasteiger partial charge < -0.3 is 9.67 Å². The molecule has 4 nitrogen and oxygen atoms in total. The first-order chi connectivity index (χ1) is 8.82. The summed E-state index contributed by atoms with van der Waals surface area (Å²) >= 11 is 1.30. The first-order valence-corrected chi connectivity index (χ1v) is 7.73. The summed E-state index contributed by atoms with van der Waals surface area (Å²) in [6.07, 6.45) is 2.95. The Morgan fingerprint density at radius 3 is 2.47 bits per heavy atom. The molecule has 1 aromatic heterocycles. The molecule has 0 spiro atoms. The third-order valence-corrected chi connectivity index (χ3v) is 3.91. The zero-order valence-electron chi connectivity index (χ0n) is 12.4. The first kappa shape index (κ1) is 16.1. The molecule has 1 rings (SSSR count). The molecule has 1 atom stereocenters. The molecule has 0 radical (unpaired) electrons. The van der Waals surface area contributed by atoms with Crippen molar-refractivity contribution in [2.24, 2.45) is 5.92 Å². The summed E-state index contributed by atoms with van der Waals surface area (Å²) in [6, 6.07) is 0.344. The van der Waals surface area contributed by atoms with Gasteiger partial charge >= 0.3 is 5.97 Å². The number of aromatic nitrogens is 2. The van der Waals surface area contributed by atoms with Crippen molar-refractivity contribution in [1.29, 1.82) is 0 Å². The van der Waals surface area contributed by atoms with Gasteiger partial charge in [0.2, 0.25) is 0 Å². The quantitative estimate of drug-likeness (QED) is 0.774. The van der Waals surface area contributed by atoms with Gasteiger partial charge in [-0.15, -0.1) is 0 Å². The van der Waals surface area contributed by atoms with E-state index in [1.54, 1.807) is 0 Å². The van der Waals surface area contributed by atoms with Crippen LogP contribution in [-0.2, 0) is 4.79 Å². The minimum absolute atomic E-state index is 0.0585. The Morgan fingerprint density at radius 2 is 2.00 bits per heavy atom. The molecule has 0 saturated carbocycles. The van der Waals surface area contributed by atoms with E-state index in [4.69, 9.17) is 5.11 Å². The zero-order valence-corrected chi connectivity index (χ0v) is 13.2. The third kappa shape index (κ3) is 4.56. The van der Waals surface area contributed by atoms with Gasteiger partial charge in [0.1, 0.15) is 0 Å². The lowest BCUT2D eigenvalue weighted by Crippen LogP contribution is -2.14. The van der Waals surface area contributed by atoms with Crippen LogP contribution in [0.25, 0.3) is 0 Å². The Labute approximate surface area is 119 Å². The lowest BCUT2D eigenvalue weighted by molar-refractivity contribution is -0.133. The number of rotatable bonds is 7. The highest BCUT2D eigenvalue weighted by molar-refractivity contribution is 7.99. The maximum absolute atomic E-state index is 10.7. The van der Waals surface area contributed by atoms with Crippen molar-refractivity contribution in [3.63, 3.8) is 0 Å². The van der Waals surface area contributed by atoms with E-state index in [0.717, 1.165) is 11.6 Å². The highest BCUT2D eigenvalue weighted by Gasteiger charge is 2.19. The van der Waals surface area contributed by atoms with Crippen LogP contribution in [0.3, 0.4) is 0 Å². The lowest BCUT2D eigenvalue weighted by atomic mass is 10.0. The van der Waals surface area contributed by atoms with E-state index >= 15 is 0 Å². The Kier molecular flexibility index (Phi) is 5.91. The molecule has 1 heterocycles. The van der Waals surface area contributed by atoms with Crippen LogP contribution >= 0.6 is 11.8 Å². The molecule has 0 aliphatic carbocycles. The zero-order chi connectivity index (χ0) is 14.6. The minimum Gasteiger partial charge on any atom is -0.481 e. The van der Waals surface area contributed by atoms with Gasteiger partial charge in [0.15, 0.2) is 5.16 Å². The van der Waals surface area contributed by atoms with Crippen molar-refractivity contribution >= 4 is 17.7 Å². The van der Waals surface area contributed by atoms with Crippen molar-refractivity contribution in [2.75, 3.05) is 5.75 Å². The normalized spacial score (nSPS) is 13.2. The molecule has 0 fully saturated rings. The number of carboxylic acid groups (broad SMARTS) is 1. The van der Waals surface area contributed by atoms with Crippen molar-refractivity contribution in [3.8, 4) is 0 Å². The predicted molar refractivity (Wildman–Crippen MR) is 78.8 cm³/mol. The summed E-state index contributed by atoms with van der Waals surface area (Å²) in [5.41, 5.74) is 1.18. The first-order valence-electron chi connectivity index (χ1n) is 6.74. The summed E-state index contributed by atoms with van der Waals surface area (Å²) in [6.45, 7) is 10.9. The molecule has 5 heteroatoms. The van der Waals surface area contributed by atoms with E-state index < -0.39 is 5.97 Å². The van der Waals surface area contributed by atoms with Gasteiger partial charge in [0.25, 0.3) is 0 Å². The Hall–Kier alpha value is -0.970. The van der Waals surface area contributed by atoms with Crippen LogP contribution < -0.4 is 0 Å². The molecule has 0 bridgehead atoms. The fourth-order valence-electron chi connectivity index (χ4n) is 2.25. The second-order valence-corrected chi connectivity index (χ2v) is 6.59. The predicted octanol–water partition coefficient (Wildman–Crippen LogP) is 3.79. The lowest BCUT2D eigenvalue weighted by Gasteiger charge is -2.22. The van der Waals surface area contributed by atoms with Crippen LogP contribution in [0.2, 0.25) is 0 Å². The number of hydrogen-bond donors (Lipinski definition) is 1. The van der Waals surface area contributed by atoms with E-state index in [9.17, 15) is 4.79 Å². The van der Waals surface area contributed by atoms with Crippen molar-refractivity contribution in [3.05, 3.63) is 11.9 Å². The van der Waals surface area contributed by atoms with Crippen LogP contribution in [0.15, 0.2) is 11.4 Å². The maximum atomic E-state index is 10.7. The largest absolute Gasteiger partial charge is 0.481 e. The molecule has 19 heavy (non-hydrogen) atoms. The molecular weight excluding hydrogens is 260 g/mol. The summed E-state index contributed by atoms with van der Waals surface area (Å²) in [7, 11) is 0. The van der Waals surface area contributed by atoms with Gasteiger partial charge in [-0.1, -0.05) is 39.5 Å². The molecule has 0 aromatic carbocycles. The van der Waals surface area contributed by atoms with Crippen LogP contribution in [0.5, 0.6) is 0 Å². The van der Waals surface area contributed by atoms with Crippen LogP contribution in [0.4, 0.5) is 0 Å². The Morgan fingerprint density at radius 1 is 1.37 bits per heavy atom. The number of aliphatic carboxylic acids is 1. The van der Waals surface area contributed by atoms with Crippen LogP contribution in [0, 0.1) is 5.92 Å². The van der Waals surface area contributed by atoms with Crippen molar-refractivity contribution in [2.45, 2.75) is 58.2 Å². The molecule has 0 amide bonds. The smallest absolute Gasteiger partial charge is 0.313 e. The van der Waals surface area contributed by atoms with Crippen molar-refractivity contribution < 1.29 is 9.90 Å². The molecule has 1 unspecified atom stereocenters. The Bertz CT molecular complexity index is 427. The molecular formula is C14H24N2O2S. The minimum atomic E-state index is -0.804. The molecule has 1 N–H and O–H groups in total. The molecule has 0 aliphatic heterocycles. The fourth-order valence-corrected chi connectivity index (χ4v) is 3.05. The van der Waals surface area contributed by atoms with E-state index in [0.29, 0.717) is 17.9 Å². The topological polar surface area (TPSA) is 55.1 Å². The number of nitrogens with zero attached hydrogens (tertiary/aromatic N) is 2. The fraction of sp³-hybridized carbons (Fsp3) is 0.714. The molecule has 0 saturated heterocycles. The number of carboxylic acids is 1. The third-order valence-electron chi connectivity index (χ3n) is 2.96. The number of thioether (sulfide) groups is 1. The summed E-state index contributed by atoms with van der Waals surface area (Å²) in [4.78, 5) is 15.1. The van der Waals surface area contributed by atoms with Gasteiger partial charge in [-0.25, -0.2) is 4.98 Å². The van der Waals surface area contributed by atoms with Gasteiger partial charge in [0, 0.05) is 17.9 Å². The second-order valence-electron chi connectivity index (χ2n) is 5.65. The molecule has 1 aromatic rings. The van der Waals surface area contributed by atoms with E-state index in [1.807, 2.05) is 6.20 Å². The summed E-state index contributed by atoms with van der Waals surface area (Å²) in [5.74, 6) is 0.251. The average molecular weight is 284 g/mol. The average Bonchev–Trinajstić information content (AvgIpc) is 2.68. The maximum Gasteiger partial charge on any atom is 0.313 e. The van der Waals surface area contributed by atoms with Gasteiger partial charge in [-0.3, -0.25) is 4.79 Å². The number of imidazole rings is 1. The summed E-state index contributed by atoms with van der Waals surface area (Å²) in [5, 5.41) is 9.63. The van der Waals surface area contributed by atoms with Crippen LogP contribution in [0.1, 0.15) is 58.7 Å². The number of hydrogen-bond acceptors (Lipinski definition) is 3. The van der Waals surface area contributed by atoms with Gasteiger partial charge in [-0.05, 0) is 25.2 Å². The molecule has 108 valence electrons.